The summed E-state index contributed by atoms with van der Waals surface area (Å²) in [4.78, 5) is 21.5. The fourth-order valence-electron chi connectivity index (χ4n) is 3.70. The number of pyridine rings is 1. The highest BCUT2D eigenvalue weighted by atomic mass is 32.2. The lowest BCUT2D eigenvalue weighted by molar-refractivity contribution is -0.121. The first-order valence-corrected chi connectivity index (χ1v) is 12.5. The Bertz CT molecular complexity index is 1160. The molecule has 0 spiro atoms. The average Bonchev–Trinajstić information content (AvgIpc) is 3.14. The first-order chi connectivity index (χ1) is 15.4. The molecule has 3 rings (SSSR count). The van der Waals surface area contributed by atoms with E-state index in [4.69, 9.17) is 4.98 Å². The molecular weight excluding hydrogens is 426 g/mol. The van der Waals surface area contributed by atoms with Crippen LogP contribution in [0.4, 0.5) is 0 Å². The maximum Gasteiger partial charge on any atom is 0.243 e. The highest BCUT2D eigenvalue weighted by Gasteiger charge is 2.23. The molecule has 172 valence electrons. The number of amides is 1. The zero-order chi connectivity index (χ0) is 23.1. The van der Waals surface area contributed by atoms with Crippen molar-refractivity contribution in [2.45, 2.75) is 58.0 Å². The smallest absolute Gasteiger partial charge is 0.243 e. The number of rotatable bonds is 11. The van der Waals surface area contributed by atoms with Gasteiger partial charge >= 0.3 is 0 Å². The van der Waals surface area contributed by atoms with Crippen LogP contribution < -0.4 is 5.32 Å². The van der Waals surface area contributed by atoms with Gasteiger partial charge in [-0.2, -0.15) is 4.31 Å². The summed E-state index contributed by atoms with van der Waals surface area (Å²) in [6.07, 6.45) is 3.37. The summed E-state index contributed by atoms with van der Waals surface area (Å²) < 4.78 is 29.3. The first-order valence-electron chi connectivity index (χ1n) is 11.1. The van der Waals surface area contributed by atoms with Gasteiger partial charge in [-0.25, -0.2) is 13.4 Å². The third-order valence-corrected chi connectivity index (χ3v) is 7.40. The Balaban J connectivity index is 1.78. The number of carbonyl (C=O) groups excluding carboxylic acids is 1. The number of aromatic nitrogens is 3. The summed E-state index contributed by atoms with van der Waals surface area (Å²) in [5, 5.41) is 2.89. The van der Waals surface area contributed by atoms with Crippen LogP contribution in [0, 0.1) is 0 Å². The van der Waals surface area contributed by atoms with Gasteiger partial charge < -0.3 is 9.88 Å². The molecule has 0 saturated carbocycles. The van der Waals surface area contributed by atoms with Crippen LogP contribution in [0.15, 0.2) is 47.5 Å². The second-order valence-electron chi connectivity index (χ2n) is 7.52. The van der Waals surface area contributed by atoms with Crippen molar-refractivity contribution >= 4 is 27.0 Å². The molecule has 0 aliphatic heterocycles. The quantitative estimate of drug-likeness (QED) is 0.477. The number of imidazole rings is 1. The monoisotopic (exact) mass is 457 g/mol. The largest absolute Gasteiger partial charge is 0.350 e. The molecule has 0 aliphatic rings. The van der Waals surface area contributed by atoms with Gasteiger partial charge in [0.2, 0.25) is 15.9 Å². The first kappa shape index (κ1) is 23.9. The summed E-state index contributed by atoms with van der Waals surface area (Å²) in [5.74, 6) is 0.711. The van der Waals surface area contributed by atoms with E-state index in [2.05, 4.69) is 21.8 Å². The summed E-state index contributed by atoms with van der Waals surface area (Å²) in [6.45, 7) is 7.70. The molecule has 32 heavy (non-hydrogen) atoms. The van der Waals surface area contributed by atoms with E-state index in [0.717, 1.165) is 30.0 Å². The molecule has 8 nitrogen and oxygen atoms in total. The van der Waals surface area contributed by atoms with Gasteiger partial charge in [-0.1, -0.05) is 26.8 Å². The van der Waals surface area contributed by atoms with Crippen LogP contribution in [-0.4, -0.2) is 46.3 Å². The minimum atomic E-state index is -3.55. The molecule has 9 heteroatoms. The number of fused-ring (bicyclic) bond motifs is 1. The molecule has 0 radical (unpaired) electrons. The Labute approximate surface area is 189 Å². The summed E-state index contributed by atoms with van der Waals surface area (Å²) >= 11 is 0. The van der Waals surface area contributed by atoms with Crippen LogP contribution in [0.5, 0.6) is 0 Å². The lowest BCUT2D eigenvalue weighted by Gasteiger charge is -2.18. The summed E-state index contributed by atoms with van der Waals surface area (Å²) in [7, 11) is -3.55. The van der Waals surface area contributed by atoms with Gasteiger partial charge in [0.05, 0.1) is 28.2 Å². The van der Waals surface area contributed by atoms with Crippen LogP contribution >= 0.6 is 0 Å². The van der Waals surface area contributed by atoms with Gasteiger partial charge in [0.1, 0.15) is 5.82 Å². The molecule has 0 unspecified atom stereocenters. The number of carbonyl (C=O) groups is 1. The highest BCUT2D eigenvalue weighted by Crippen LogP contribution is 2.24. The molecule has 0 atom stereocenters. The van der Waals surface area contributed by atoms with Crippen molar-refractivity contribution in [3.05, 3.63) is 54.1 Å². The molecule has 0 aliphatic carbocycles. The van der Waals surface area contributed by atoms with Crippen LogP contribution in [-0.2, 0) is 34.3 Å². The number of hydrogen-bond donors (Lipinski definition) is 1. The van der Waals surface area contributed by atoms with Crippen molar-refractivity contribution in [1.29, 1.82) is 0 Å². The molecule has 1 aromatic carbocycles. The zero-order valence-corrected chi connectivity index (χ0v) is 19.7. The molecule has 1 N–H and O–H groups in total. The highest BCUT2D eigenvalue weighted by molar-refractivity contribution is 7.89. The van der Waals surface area contributed by atoms with Gasteiger partial charge in [0.25, 0.3) is 0 Å². The number of hydrogen-bond acceptors (Lipinski definition) is 5. The topological polar surface area (TPSA) is 97.2 Å². The minimum absolute atomic E-state index is 0.0736. The van der Waals surface area contributed by atoms with Crippen molar-refractivity contribution in [2.24, 2.45) is 0 Å². The minimum Gasteiger partial charge on any atom is -0.350 e. The maximum absolute atomic E-state index is 12.9. The molecule has 0 fully saturated rings. The predicted octanol–water partition coefficient (Wildman–Crippen LogP) is 3.12. The van der Waals surface area contributed by atoms with Crippen molar-refractivity contribution in [1.82, 2.24) is 24.2 Å². The van der Waals surface area contributed by atoms with E-state index >= 15 is 0 Å². The van der Waals surface area contributed by atoms with E-state index in [1.54, 1.807) is 18.3 Å². The molecule has 1 amide bonds. The number of nitrogens with zero attached hydrogens (tertiary/aromatic N) is 4. The Kier molecular flexibility index (Phi) is 7.98. The zero-order valence-electron chi connectivity index (χ0n) is 18.9. The van der Waals surface area contributed by atoms with Gasteiger partial charge in [-0.05, 0) is 36.8 Å². The van der Waals surface area contributed by atoms with E-state index in [-0.39, 0.29) is 10.8 Å². The van der Waals surface area contributed by atoms with E-state index in [1.807, 2.05) is 38.1 Å². The summed E-state index contributed by atoms with van der Waals surface area (Å²) in [6, 6.07) is 10.7. The van der Waals surface area contributed by atoms with Crippen molar-refractivity contribution in [3.63, 3.8) is 0 Å². The molecule has 0 saturated heterocycles. The standard InChI is InChI=1S/C23H31N5O3S/c1-4-15-28-21-11-10-19(32(30,31)27(5-2)6-3)16-20(21)26-22(28)12-13-23(29)25-17-18-9-7-8-14-24-18/h7-11,14,16H,4-6,12-13,15,17H2,1-3H3,(H,25,29). The molecule has 3 aromatic rings. The fraction of sp³-hybridized carbons (Fsp3) is 0.435. The third kappa shape index (κ3) is 5.34. The average molecular weight is 458 g/mol. The SMILES string of the molecule is CCCn1c(CCC(=O)NCc2ccccn2)nc2cc(S(=O)(=O)N(CC)CC)ccc21. The third-order valence-electron chi connectivity index (χ3n) is 5.36. The van der Waals surface area contributed by atoms with E-state index < -0.39 is 10.0 Å². The van der Waals surface area contributed by atoms with Crippen LogP contribution in [0.2, 0.25) is 0 Å². The van der Waals surface area contributed by atoms with Gasteiger partial charge in [-0.3, -0.25) is 9.78 Å². The van der Waals surface area contributed by atoms with E-state index in [0.29, 0.717) is 38.0 Å². The Morgan fingerprint density at radius 1 is 1.12 bits per heavy atom. The van der Waals surface area contributed by atoms with Crippen molar-refractivity contribution < 1.29 is 13.2 Å². The van der Waals surface area contributed by atoms with Gasteiger partial charge in [0, 0.05) is 38.7 Å². The predicted molar refractivity (Wildman–Crippen MR) is 125 cm³/mol. The molecule has 2 heterocycles. The maximum atomic E-state index is 12.9. The van der Waals surface area contributed by atoms with Crippen molar-refractivity contribution in [2.75, 3.05) is 13.1 Å². The lowest BCUT2D eigenvalue weighted by atomic mass is 10.2. The second-order valence-corrected chi connectivity index (χ2v) is 9.46. The van der Waals surface area contributed by atoms with Crippen molar-refractivity contribution in [3.8, 4) is 0 Å². The van der Waals surface area contributed by atoms with Gasteiger partial charge in [-0.15, -0.1) is 0 Å². The molecule has 0 bridgehead atoms. The Hall–Kier alpha value is -2.78. The van der Waals surface area contributed by atoms with E-state index in [9.17, 15) is 13.2 Å². The number of benzene rings is 1. The van der Waals surface area contributed by atoms with Crippen LogP contribution in [0.25, 0.3) is 11.0 Å². The summed E-state index contributed by atoms with van der Waals surface area (Å²) in [5.41, 5.74) is 2.32. The molecule has 2 aromatic heterocycles. The fourth-order valence-corrected chi connectivity index (χ4v) is 5.18. The number of sulfonamides is 1. The Morgan fingerprint density at radius 2 is 1.91 bits per heavy atom. The normalized spacial score (nSPS) is 11.9. The van der Waals surface area contributed by atoms with E-state index in [1.165, 1.54) is 4.31 Å². The number of aryl methyl sites for hydroxylation is 2. The van der Waals surface area contributed by atoms with Gasteiger partial charge in [0.15, 0.2) is 0 Å². The Morgan fingerprint density at radius 3 is 2.56 bits per heavy atom. The van der Waals surface area contributed by atoms with Crippen LogP contribution in [0.1, 0.15) is 45.1 Å². The molecular formula is C23H31N5O3S. The second kappa shape index (κ2) is 10.7. The van der Waals surface area contributed by atoms with Crippen LogP contribution in [0.3, 0.4) is 0 Å². The number of nitrogens with one attached hydrogen (secondary N) is 1. The lowest BCUT2D eigenvalue weighted by Crippen LogP contribution is -2.30.